The molecule has 0 radical (unpaired) electrons. The molecule has 116 valence electrons. The summed E-state index contributed by atoms with van der Waals surface area (Å²) in [6.07, 6.45) is 0.878. The monoisotopic (exact) mass is 299 g/mol. The molecule has 3 heteroatoms. The molecule has 0 aliphatic heterocycles. The van der Waals surface area contributed by atoms with Crippen molar-refractivity contribution >= 4 is 11.6 Å². The number of hydrogen-bond donors (Lipinski definition) is 1. The van der Waals surface area contributed by atoms with Gasteiger partial charge in [0.05, 0.1) is 11.6 Å². The van der Waals surface area contributed by atoms with Crippen molar-refractivity contribution in [1.82, 2.24) is 0 Å². The van der Waals surface area contributed by atoms with E-state index in [0.29, 0.717) is 0 Å². The highest BCUT2D eigenvalue weighted by Gasteiger charge is 2.26. The van der Waals surface area contributed by atoms with Crippen LogP contribution in [0.1, 0.15) is 37.3 Å². The van der Waals surface area contributed by atoms with E-state index in [0.717, 1.165) is 17.5 Å². The minimum absolute atomic E-state index is 0.164. The number of halogens is 1. The summed E-state index contributed by atoms with van der Waals surface area (Å²) >= 11 is 0. The molecule has 22 heavy (non-hydrogen) atoms. The molecular formula is C19H22FNO. The normalized spacial score (nSPS) is 13.5. The van der Waals surface area contributed by atoms with Gasteiger partial charge >= 0.3 is 0 Å². The number of carbonyl (C=O) groups is 1. The molecule has 0 saturated heterocycles. The average Bonchev–Trinajstić information content (AvgIpc) is 2.51. The molecule has 2 aromatic rings. The number of benzene rings is 2. The number of amides is 1. The first-order valence-corrected chi connectivity index (χ1v) is 7.65. The molecule has 2 atom stereocenters. The van der Waals surface area contributed by atoms with E-state index in [4.69, 9.17) is 0 Å². The quantitative estimate of drug-likeness (QED) is 0.835. The standard InChI is InChI=1S/C19H22FNO/c1-4-14(3)18(15-8-6-5-7-9-15)19(22)21-17-11-10-13(2)12-16(17)20/h5-12,14,18H,4H2,1-3H3,(H,21,22). The summed E-state index contributed by atoms with van der Waals surface area (Å²) in [6.45, 7) is 5.92. The molecule has 0 aliphatic rings. The molecule has 0 aliphatic carbocycles. The fourth-order valence-electron chi connectivity index (χ4n) is 2.57. The predicted octanol–water partition coefficient (Wildman–Crippen LogP) is 4.90. The number of anilines is 1. The first-order chi connectivity index (χ1) is 10.5. The number of carbonyl (C=O) groups excluding carboxylic acids is 1. The first kappa shape index (κ1) is 16.2. The lowest BCUT2D eigenvalue weighted by molar-refractivity contribution is -0.118. The van der Waals surface area contributed by atoms with Crippen molar-refractivity contribution in [3.8, 4) is 0 Å². The molecular weight excluding hydrogens is 277 g/mol. The van der Waals surface area contributed by atoms with Crippen LogP contribution in [-0.4, -0.2) is 5.91 Å². The molecule has 2 unspecified atom stereocenters. The van der Waals surface area contributed by atoms with Gasteiger partial charge in [-0.25, -0.2) is 4.39 Å². The second-order valence-corrected chi connectivity index (χ2v) is 5.75. The molecule has 2 nitrogen and oxygen atoms in total. The highest BCUT2D eigenvalue weighted by Crippen LogP contribution is 2.29. The lowest BCUT2D eigenvalue weighted by Gasteiger charge is -2.23. The van der Waals surface area contributed by atoms with Gasteiger partial charge in [0.1, 0.15) is 5.82 Å². The summed E-state index contributed by atoms with van der Waals surface area (Å²) in [7, 11) is 0. The highest BCUT2D eigenvalue weighted by atomic mass is 19.1. The van der Waals surface area contributed by atoms with Crippen LogP contribution in [0.15, 0.2) is 48.5 Å². The molecule has 2 rings (SSSR count). The summed E-state index contributed by atoms with van der Waals surface area (Å²) in [5.74, 6) is -0.671. The zero-order valence-corrected chi connectivity index (χ0v) is 13.3. The Labute approximate surface area is 131 Å². The largest absolute Gasteiger partial charge is 0.323 e. The molecule has 0 saturated carbocycles. The van der Waals surface area contributed by atoms with Crippen LogP contribution in [0.5, 0.6) is 0 Å². The summed E-state index contributed by atoms with van der Waals surface area (Å²) in [5, 5.41) is 2.74. The van der Waals surface area contributed by atoms with E-state index in [-0.39, 0.29) is 23.4 Å². The molecule has 0 fully saturated rings. The van der Waals surface area contributed by atoms with Crippen LogP contribution in [0.2, 0.25) is 0 Å². The third kappa shape index (κ3) is 3.73. The Morgan fingerprint density at radius 2 is 1.86 bits per heavy atom. The number of nitrogens with one attached hydrogen (secondary N) is 1. The third-order valence-electron chi connectivity index (χ3n) is 4.04. The fraction of sp³-hybridized carbons (Fsp3) is 0.316. The van der Waals surface area contributed by atoms with E-state index in [2.05, 4.69) is 12.2 Å². The lowest BCUT2D eigenvalue weighted by Crippen LogP contribution is -2.26. The van der Waals surface area contributed by atoms with E-state index >= 15 is 0 Å². The van der Waals surface area contributed by atoms with E-state index in [1.807, 2.05) is 44.2 Å². The van der Waals surface area contributed by atoms with Crippen molar-refractivity contribution in [3.05, 3.63) is 65.5 Å². The Bertz CT molecular complexity index is 639. The Balaban J connectivity index is 2.26. The van der Waals surface area contributed by atoms with Gasteiger partial charge in [-0.05, 0) is 36.1 Å². The van der Waals surface area contributed by atoms with Crippen molar-refractivity contribution in [1.29, 1.82) is 0 Å². The van der Waals surface area contributed by atoms with E-state index in [9.17, 15) is 9.18 Å². The Morgan fingerprint density at radius 1 is 1.18 bits per heavy atom. The lowest BCUT2D eigenvalue weighted by atomic mass is 9.85. The average molecular weight is 299 g/mol. The van der Waals surface area contributed by atoms with Gasteiger partial charge in [-0.2, -0.15) is 0 Å². The smallest absolute Gasteiger partial charge is 0.232 e. The first-order valence-electron chi connectivity index (χ1n) is 7.65. The number of rotatable bonds is 5. The van der Waals surface area contributed by atoms with Crippen LogP contribution < -0.4 is 5.32 Å². The van der Waals surface area contributed by atoms with E-state index in [1.165, 1.54) is 6.07 Å². The highest BCUT2D eigenvalue weighted by molar-refractivity contribution is 5.96. The van der Waals surface area contributed by atoms with Crippen molar-refractivity contribution in [2.24, 2.45) is 5.92 Å². The van der Waals surface area contributed by atoms with Crippen LogP contribution in [0.4, 0.5) is 10.1 Å². The predicted molar refractivity (Wildman–Crippen MR) is 88.4 cm³/mol. The maximum absolute atomic E-state index is 13.9. The minimum atomic E-state index is -0.399. The van der Waals surface area contributed by atoms with Crippen molar-refractivity contribution in [3.63, 3.8) is 0 Å². The van der Waals surface area contributed by atoms with Gasteiger partial charge < -0.3 is 5.32 Å². The molecule has 1 N–H and O–H groups in total. The van der Waals surface area contributed by atoms with Gasteiger partial charge in [0.25, 0.3) is 0 Å². The second kappa shape index (κ2) is 7.21. The van der Waals surface area contributed by atoms with E-state index < -0.39 is 5.82 Å². The van der Waals surface area contributed by atoms with Crippen LogP contribution >= 0.6 is 0 Å². The summed E-state index contributed by atoms with van der Waals surface area (Å²) in [5.41, 5.74) is 2.03. The van der Waals surface area contributed by atoms with Crippen molar-refractivity contribution < 1.29 is 9.18 Å². The Kier molecular flexibility index (Phi) is 5.31. The van der Waals surface area contributed by atoms with Crippen molar-refractivity contribution in [2.45, 2.75) is 33.1 Å². The summed E-state index contributed by atoms with van der Waals surface area (Å²) in [6, 6.07) is 14.5. The Hall–Kier alpha value is -2.16. The summed E-state index contributed by atoms with van der Waals surface area (Å²) in [4.78, 5) is 12.7. The van der Waals surface area contributed by atoms with E-state index in [1.54, 1.807) is 12.1 Å². The van der Waals surface area contributed by atoms with Gasteiger partial charge in [-0.1, -0.05) is 56.7 Å². The Morgan fingerprint density at radius 3 is 2.45 bits per heavy atom. The maximum Gasteiger partial charge on any atom is 0.232 e. The van der Waals surface area contributed by atoms with Crippen LogP contribution in [0, 0.1) is 18.7 Å². The van der Waals surface area contributed by atoms with Gasteiger partial charge in [0, 0.05) is 0 Å². The minimum Gasteiger partial charge on any atom is -0.323 e. The third-order valence-corrected chi connectivity index (χ3v) is 4.04. The molecule has 0 aromatic heterocycles. The van der Waals surface area contributed by atoms with Crippen LogP contribution in [0.25, 0.3) is 0 Å². The zero-order valence-electron chi connectivity index (χ0n) is 13.3. The SMILES string of the molecule is CCC(C)C(C(=O)Nc1ccc(C)cc1F)c1ccccc1. The van der Waals surface area contributed by atoms with Gasteiger partial charge in [0.2, 0.25) is 5.91 Å². The van der Waals surface area contributed by atoms with Gasteiger partial charge in [0.15, 0.2) is 0 Å². The van der Waals surface area contributed by atoms with Crippen LogP contribution in [-0.2, 0) is 4.79 Å². The molecule has 2 aromatic carbocycles. The fourth-order valence-corrected chi connectivity index (χ4v) is 2.57. The van der Waals surface area contributed by atoms with Gasteiger partial charge in [-0.15, -0.1) is 0 Å². The molecule has 0 spiro atoms. The number of aryl methyl sites for hydroxylation is 1. The van der Waals surface area contributed by atoms with Gasteiger partial charge in [-0.3, -0.25) is 4.79 Å². The van der Waals surface area contributed by atoms with Crippen molar-refractivity contribution in [2.75, 3.05) is 5.32 Å². The van der Waals surface area contributed by atoms with Crippen LogP contribution in [0.3, 0.4) is 0 Å². The topological polar surface area (TPSA) is 29.1 Å². The zero-order chi connectivity index (χ0) is 16.1. The number of hydrogen-bond acceptors (Lipinski definition) is 1. The molecule has 0 heterocycles. The second-order valence-electron chi connectivity index (χ2n) is 5.75. The molecule has 1 amide bonds. The maximum atomic E-state index is 13.9. The molecule has 0 bridgehead atoms. The summed E-state index contributed by atoms with van der Waals surface area (Å²) < 4.78 is 13.9.